The second kappa shape index (κ2) is 5.71. The molecule has 0 aromatic carbocycles. The predicted octanol–water partition coefficient (Wildman–Crippen LogP) is 2.15. The van der Waals surface area contributed by atoms with Gasteiger partial charge >= 0.3 is 6.09 Å². The van der Waals surface area contributed by atoms with Crippen LogP contribution in [0.3, 0.4) is 0 Å². The van der Waals surface area contributed by atoms with Crippen LogP contribution >= 0.6 is 0 Å². The maximum Gasteiger partial charge on any atom is 0.407 e. The molecule has 1 fully saturated rings. The van der Waals surface area contributed by atoms with Gasteiger partial charge in [-0.1, -0.05) is 13.8 Å². The van der Waals surface area contributed by atoms with Gasteiger partial charge in [-0.15, -0.1) is 0 Å². The molecule has 0 spiro atoms. The van der Waals surface area contributed by atoms with Crippen molar-refractivity contribution in [2.24, 2.45) is 11.8 Å². The van der Waals surface area contributed by atoms with E-state index in [-0.39, 0.29) is 12.1 Å². The first-order chi connectivity index (χ1) is 7.78. The number of hydrogen-bond donors (Lipinski definition) is 2. The fourth-order valence-electron chi connectivity index (χ4n) is 1.83. The third kappa shape index (κ3) is 5.39. The second-order valence-corrected chi connectivity index (χ2v) is 6.26. The molecule has 0 aromatic heterocycles. The Hall–Kier alpha value is -0.770. The third-order valence-electron chi connectivity index (χ3n) is 2.96. The molecule has 1 saturated heterocycles. The molecule has 1 aliphatic rings. The Balaban J connectivity index is 2.39. The Labute approximate surface area is 104 Å². The van der Waals surface area contributed by atoms with E-state index in [0.717, 1.165) is 19.5 Å². The van der Waals surface area contributed by atoms with E-state index in [4.69, 9.17) is 4.74 Å². The maximum atomic E-state index is 11.7. The molecule has 0 radical (unpaired) electrons. The van der Waals surface area contributed by atoms with Gasteiger partial charge in [-0.2, -0.15) is 0 Å². The fourth-order valence-corrected chi connectivity index (χ4v) is 1.83. The summed E-state index contributed by atoms with van der Waals surface area (Å²) < 4.78 is 5.29. The van der Waals surface area contributed by atoms with Gasteiger partial charge in [-0.05, 0) is 52.1 Å². The molecule has 100 valence electrons. The molecule has 0 aromatic rings. The third-order valence-corrected chi connectivity index (χ3v) is 2.96. The standard InChI is InChI=1S/C13H26N2O2/c1-9(2)11(6-10-7-14-8-10)15-12(16)17-13(3,4)5/h9-11,14H,6-8H2,1-5H3,(H,15,16). The number of amides is 1. The van der Waals surface area contributed by atoms with Crippen LogP contribution in [0.25, 0.3) is 0 Å². The molecule has 1 heterocycles. The van der Waals surface area contributed by atoms with E-state index in [2.05, 4.69) is 24.5 Å². The van der Waals surface area contributed by atoms with E-state index in [1.807, 2.05) is 20.8 Å². The van der Waals surface area contributed by atoms with Crippen LogP contribution in [0.15, 0.2) is 0 Å². The number of carbonyl (C=O) groups is 1. The molecule has 1 atom stereocenters. The largest absolute Gasteiger partial charge is 0.444 e. The Morgan fingerprint density at radius 3 is 2.35 bits per heavy atom. The smallest absolute Gasteiger partial charge is 0.407 e. The lowest BCUT2D eigenvalue weighted by atomic mass is 9.89. The minimum Gasteiger partial charge on any atom is -0.444 e. The molecule has 1 unspecified atom stereocenters. The van der Waals surface area contributed by atoms with E-state index in [0.29, 0.717) is 11.8 Å². The summed E-state index contributed by atoms with van der Waals surface area (Å²) in [6.07, 6.45) is 0.729. The molecule has 0 saturated carbocycles. The molecular formula is C13H26N2O2. The average molecular weight is 242 g/mol. The van der Waals surface area contributed by atoms with Crippen molar-refractivity contribution in [3.8, 4) is 0 Å². The highest BCUT2D eigenvalue weighted by molar-refractivity contribution is 5.68. The van der Waals surface area contributed by atoms with Crippen molar-refractivity contribution in [2.45, 2.75) is 52.7 Å². The number of nitrogens with one attached hydrogen (secondary N) is 2. The van der Waals surface area contributed by atoms with Gasteiger partial charge in [0.15, 0.2) is 0 Å². The van der Waals surface area contributed by atoms with Gasteiger partial charge in [0.25, 0.3) is 0 Å². The summed E-state index contributed by atoms with van der Waals surface area (Å²) in [6, 6.07) is 0.206. The van der Waals surface area contributed by atoms with Crippen LogP contribution in [0.1, 0.15) is 41.0 Å². The molecule has 2 N–H and O–H groups in total. The van der Waals surface area contributed by atoms with Crippen LogP contribution in [0.4, 0.5) is 4.79 Å². The normalized spacial score (nSPS) is 18.7. The summed E-state index contributed by atoms with van der Waals surface area (Å²) in [5, 5.41) is 6.24. The fraction of sp³-hybridized carbons (Fsp3) is 0.923. The lowest BCUT2D eigenvalue weighted by molar-refractivity contribution is 0.0477. The van der Waals surface area contributed by atoms with Gasteiger partial charge < -0.3 is 15.4 Å². The van der Waals surface area contributed by atoms with Gasteiger partial charge in [0.05, 0.1) is 0 Å². The van der Waals surface area contributed by atoms with Crippen LogP contribution in [-0.2, 0) is 4.74 Å². The first-order valence-electron chi connectivity index (χ1n) is 6.48. The van der Waals surface area contributed by atoms with Crippen molar-refractivity contribution in [1.29, 1.82) is 0 Å². The van der Waals surface area contributed by atoms with E-state index in [9.17, 15) is 4.79 Å². The number of carbonyl (C=O) groups excluding carboxylic acids is 1. The molecular weight excluding hydrogens is 216 g/mol. The van der Waals surface area contributed by atoms with Gasteiger partial charge in [0, 0.05) is 6.04 Å². The Kier molecular flexibility index (Phi) is 4.80. The predicted molar refractivity (Wildman–Crippen MR) is 69.0 cm³/mol. The van der Waals surface area contributed by atoms with E-state index in [1.165, 1.54) is 0 Å². The zero-order valence-corrected chi connectivity index (χ0v) is 11.7. The van der Waals surface area contributed by atoms with E-state index >= 15 is 0 Å². The molecule has 4 heteroatoms. The van der Waals surface area contributed by atoms with Crippen molar-refractivity contribution < 1.29 is 9.53 Å². The Morgan fingerprint density at radius 2 is 2.00 bits per heavy atom. The van der Waals surface area contributed by atoms with Crippen LogP contribution in [0.5, 0.6) is 0 Å². The summed E-state index contributed by atoms with van der Waals surface area (Å²) >= 11 is 0. The highest BCUT2D eigenvalue weighted by Crippen LogP contribution is 2.17. The first-order valence-corrected chi connectivity index (χ1v) is 6.48. The lowest BCUT2D eigenvalue weighted by Gasteiger charge is -2.33. The first kappa shape index (κ1) is 14.3. The van der Waals surface area contributed by atoms with Gasteiger partial charge in [-0.3, -0.25) is 0 Å². The lowest BCUT2D eigenvalue weighted by Crippen LogP contribution is -2.49. The monoisotopic (exact) mass is 242 g/mol. The molecule has 4 nitrogen and oxygen atoms in total. The molecule has 1 amide bonds. The average Bonchev–Trinajstić information content (AvgIpc) is 2.05. The zero-order valence-electron chi connectivity index (χ0n) is 11.7. The van der Waals surface area contributed by atoms with Crippen LogP contribution < -0.4 is 10.6 Å². The van der Waals surface area contributed by atoms with Crippen molar-refractivity contribution in [2.75, 3.05) is 13.1 Å². The van der Waals surface area contributed by atoms with Gasteiger partial charge in [0.1, 0.15) is 5.60 Å². The Morgan fingerprint density at radius 1 is 1.41 bits per heavy atom. The minimum absolute atomic E-state index is 0.206. The number of hydrogen-bond acceptors (Lipinski definition) is 3. The molecule has 1 rings (SSSR count). The zero-order chi connectivity index (χ0) is 13.1. The number of rotatable bonds is 4. The number of ether oxygens (including phenoxy) is 1. The topological polar surface area (TPSA) is 50.4 Å². The van der Waals surface area contributed by atoms with E-state index in [1.54, 1.807) is 0 Å². The van der Waals surface area contributed by atoms with Crippen molar-refractivity contribution in [3.05, 3.63) is 0 Å². The number of alkyl carbamates (subject to hydrolysis) is 1. The summed E-state index contributed by atoms with van der Waals surface area (Å²) in [4.78, 5) is 11.7. The molecule has 0 aliphatic carbocycles. The van der Waals surface area contributed by atoms with Crippen molar-refractivity contribution in [1.82, 2.24) is 10.6 Å². The molecule has 17 heavy (non-hydrogen) atoms. The van der Waals surface area contributed by atoms with Crippen LogP contribution in [0.2, 0.25) is 0 Å². The molecule has 1 aliphatic heterocycles. The highest BCUT2D eigenvalue weighted by Gasteiger charge is 2.26. The van der Waals surface area contributed by atoms with Crippen LogP contribution in [0, 0.1) is 11.8 Å². The summed E-state index contributed by atoms with van der Waals surface area (Å²) in [5.74, 6) is 1.13. The van der Waals surface area contributed by atoms with E-state index < -0.39 is 5.60 Å². The Bertz CT molecular complexity index is 255. The van der Waals surface area contributed by atoms with Gasteiger partial charge in [0.2, 0.25) is 0 Å². The SMILES string of the molecule is CC(C)C(CC1CNC1)NC(=O)OC(C)(C)C. The van der Waals surface area contributed by atoms with Crippen molar-refractivity contribution in [3.63, 3.8) is 0 Å². The van der Waals surface area contributed by atoms with Gasteiger partial charge in [-0.25, -0.2) is 4.79 Å². The quantitative estimate of drug-likeness (QED) is 0.794. The molecule has 0 bridgehead atoms. The summed E-state index contributed by atoms with van der Waals surface area (Å²) in [6.45, 7) is 12.0. The van der Waals surface area contributed by atoms with Crippen molar-refractivity contribution >= 4 is 6.09 Å². The minimum atomic E-state index is -0.427. The summed E-state index contributed by atoms with van der Waals surface area (Å²) in [7, 11) is 0. The maximum absolute atomic E-state index is 11.7. The summed E-state index contributed by atoms with van der Waals surface area (Å²) in [5.41, 5.74) is -0.427. The second-order valence-electron chi connectivity index (χ2n) is 6.26. The highest BCUT2D eigenvalue weighted by atomic mass is 16.6. The van der Waals surface area contributed by atoms with Crippen LogP contribution in [-0.4, -0.2) is 30.8 Å².